The van der Waals surface area contributed by atoms with Crippen molar-refractivity contribution in [1.29, 1.82) is 0 Å². The molecule has 0 aliphatic carbocycles. The van der Waals surface area contributed by atoms with Crippen LogP contribution in [0.3, 0.4) is 0 Å². The lowest BCUT2D eigenvalue weighted by atomic mass is 9.97. The summed E-state index contributed by atoms with van der Waals surface area (Å²) in [5.74, 6) is 0.251. The first-order valence-electron chi connectivity index (χ1n) is 10.9. The maximum Gasteiger partial charge on any atom is 0.410 e. The van der Waals surface area contributed by atoms with Crippen molar-refractivity contribution >= 4 is 40.3 Å². The molecule has 1 aliphatic rings. The van der Waals surface area contributed by atoms with Crippen molar-refractivity contribution in [1.82, 2.24) is 19.4 Å². The fraction of sp³-hybridized carbons (Fsp3) is 0.458. The smallest absolute Gasteiger partial charge is 0.410 e. The molecule has 0 bridgehead atoms. The molecule has 0 radical (unpaired) electrons. The fourth-order valence-electron chi connectivity index (χ4n) is 4.40. The van der Waals surface area contributed by atoms with E-state index in [1.54, 1.807) is 6.20 Å². The minimum absolute atomic E-state index is 0.209. The molecular weight excluding hydrogens is 447 g/mol. The van der Waals surface area contributed by atoms with E-state index in [0.29, 0.717) is 24.7 Å². The predicted molar refractivity (Wildman–Crippen MR) is 128 cm³/mol. The van der Waals surface area contributed by atoms with Crippen molar-refractivity contribution < 1.29 is 9.53 Å². The van der Waals surface area contributed by atoms with Crippen LogP contribution in [0.2, 0.25) is 10.3 Å². The van der Waals surface area contributed by atoms with Gasteiger partial charge in [-0.15, -0.1) is 0 Å². The van der Waals surface area contributed by atoms with Crippen LogP contribution >= 0.6 is 23.2 Å². The largest absolute Gasteiger partial charge is 0.444 e. The molecule has 1 atom stereocenters. The summed E-state index contributed by atoms with van der Waals surface area (Å²) in [5, 5.41) is 1.84. The topological polar surface area (TPSA) is 60.2 Å². The van der Waals surface area contributed by atoms with Crippen LogP contribution in [0.15, 0.2) is 30.5 Å². The molecule has 3 heterocycles. The molecule has 3 aromatic rings. The highest BCUT2D eigenvalue weighted by atomic mass is 35.5. The van der Waals surface area contributed by atoms with Gasteiger partial charge >= 0.3 is 6.09 Å². The Morgan fingerprint density at radius 1 is 1.25 bits per heavy atom. The summed E-state index contributed by atoms with van der Waals surface area (Å²) in [6.07, 6.45) is 3.45. The molecule has 4 rings (SSSR count). The molecular formula is C24H28Cl2N4O2. The van der Waals surface area contributed by atoms with E-state index in [2.05, 4.69) is 21.5 Å². The summed E-state index contributed by atoms with van der Waals surface area (Å²) in [4.78, 5) is 23.2. The third-order valence-corrected chi connectivity index (χ3v) is 6.28. The van der Waals surface area contributed by atoms with E-state index in [0.717, 1.165) is 40.7 Å². The normalized spacial score (nSPS) is 17.1. The van der Waals surface area contributed by atoms with E-state index in [1.807, 2.05) is 49.9 Å². The number of fused-ring (bicyclic) bond motifs is 1. The zero-order chi connectivity index (χ0) is 23.0. The Balaban J connectivity index is 1.71. The Morgan fingerprint density at radius 3 is 2.72 bits per heavy atom. The quantitative estimate of drug-likeness (QED) is 0.414. The van der Waals surface area contributed by atoms with Crippen molar-refractivity contribution in [2.45, 2.75) is 52.7 Å². The zero-order valence-corrected chi connectivity index (χ0v) is 20.4. The van der Waals surface area contributed by atoms with Gasteiger partial charge in [-0.1, -0.05) is 29.8 Å². The molecule has 1 saturated heterocycles. The van der Waals surface area contributed by atoms with Gasteiger partial charge in [0, 0.05) is 41.8 Å². The van der Waals surface area contributed by atoms with Gasteiger partial charge in [0.05, 0.1) is 5.69 Å². The number of piperidine rings is 1. The van der Waals surface area contributed by atoms with E-state index >= 15 is 0 Å². The molecule has 1 aromatic carbocycles. The van der Waals surface area contributed by atoms with Crippen molar-refractivity contribution in [3.05, 3.63) is 46.3 Å². The molecule has 32 heavy (non-hydrogen) atoms. The van der Waals surface area contributed by atoms with Crippen LogP contribution in [-0.4, -0.2) is 44.2 Å². The number of carbonyl (C=O) groups excluding carboxylic acids is 1. The van der Waals surface area contributed by atoms with Gasteiger partial charge in [0.1, 0.15) is 11.2 Å². The molecule has 1 fully saturated rings. The van der Waals surface area contributed by atoms with Crippen LogP contribution in [0, 0.1) is 12.8 Å². The van der Waals surface area contributed by atoms with Crippen molar-refractivity contribution in [2.75, 3.05) is 13.1 Å². The first-order valence-corrected chi connectivity index (χ1v) is 11.6. The second-order valence-corrected chi connectivity index (χ2v) is 10.1. The molecule has 1 amide bonds. The standard InChI is InChI=1S/C24H28Cl2N4O2/c1-15-18-12-27-22(26)28-21(18)30(20(15)17-9-5-6-10-19(17)25)14-16-8-7-11-29(13-16)23(31)32-24(2,3)4/h5-6,9-10,12,16H,7-8,11,13-14H2,1-4H3. The van der Waals surface area contributed by atoms with E-state index in [1.165, 1.54) is 0 Å². The van der Waals surface area contributed by atoms with E-state index in [4.69, 9.17) is 27.9 Å². The maximum absolute atomic E-state index is 12.6. The van der Waals surface area contributed by atoms with Crippen molar-refractivity contribution in [3.8, 4) is 11.3 Å². The maximum atomic E-state index is 12.6. The summed E-state index contributed by atoms with van der Waals surface area (Å²) >= 11 is 12.8. The number of carbonyl (C=O) groups is 1. The summed E-state index contributed by atoms with van der Waals surface area (Å²) in [6.45, 7) is 9.76. The van der Waals surface area contributed by atoms with Gasteiger partial charge in [0.2, 0.25) is 5.28 Å². The van der Waals surface area contributed by atoms with Gasteiger partial charge in [-0.25, -0.2) is 9.78 Å². The minimum Gasteiger partial charge on any atom is -0.444 e. The monoisotopic (exact) mass is 474 g/mol. The van der Waals surface area contributed by atoms with E-state index < -0.39 is 5.60 Å². The number of aromatic nitrogens is 3. The zero-order valence-electron chi connectivity index (χ0n) is 18.9. The Kier molecular flexibility index (Phi) is 6.37. The van der Waals surface area contributed by atoms with Gasteiger partial charge in [-0.2, -0.15) is 4.98 Å². The summed E-state index contributed by atoms with van der Waals surface area (Å²) in [6, 6.07) is 7.81. The lowest BCUT2D eigenvalue weighted by Crippen LogP contribution is -2.43. The molecule has 2 aromatic heterocycles. The number of hydrogen-bond donors (Lipinski definition) is 0. The Labute approximate surface area is 198 Å². The fourth-order valence-corrected chi connectivity index (χ4v) is 4.76. The molecule has 170 valence electrons. The second kappa shape index (κ2) is 8.91. The highest BCUT2D eigenvalue weighted by Crippen LogP contribution is 2.37. The van der Waals surface area contributed by atoms with Gasteiger partial charge in [-0.3, -0.25) is 0 Å². The summed E-state index contributed by atoms with van der Waals surface area (Å²) < 4.78 is 7.78. The van der Waals surface area contributed by atoms with Crippen LogP contribution < -0.4 is 0 Å². The number of likely N-dealkylation sites (tertiary alicyclic amines) is 1. The highest BCUT2D eigenvalue weighted by Gasteiger charge is 2.29. The second-order valence-electron chi connectivity index (χ2n) is 9.37. The number of benzene rings is 1. The minimum atomic E-state index is -0.511. The van der Waals surface area contributed by atoms with Crippen molar-refractivity contribution in [2.24, 2.45) is 5.92 Å². The first-order chi connectivity index (χ1) is 15.1. The lowest BCUT2D eigenvalue weighted by Gasteiger charge is -2.34. The number of hydrogen-bond acceptors (Lipinski definition) is 4. The Morgan fingerprint density at radius 2 is 2.00 bits per heavy atom. The number of amides is 1. The van der Waals surface area contributed by atoms with Crippen LogP contribution in [0.4, 0.5) is 4.79 Å². The third-order valence-electron chi connectivity index (χ3n) is 5.76. The van der Waals surface area contributed by atoms with Crippen molar-refractivity contribution in [3.63, 3.8) is 0 Å². The summed E-state index contributed by atoms with van der Waals surface area (Å²) in [7, 11) is 0. The Bertz CT molecular complexity index is 1150. The molecule has 0 spiro atoms. The average molecular weight is 475 g/mol. The highest BCUT2D eigenvalue weighted by molar-refractivity contribution is 6.33. The van der Waals surface area contributed by atoms with Crippen LogP contribution in [-0.2, 0) is 11.3 Å². The number of aryl methyl sites for hydroxylation is 1. The van der Waals surface area contributed by atoms with Gasteiger partial charge in [0.15, 0.2) is 0 Å². The summed E-state index contributed by atoms with van der Waals surface area (Å²) in [5.41, 5.74) is 3.29. The SMILES string of the molecule is Cc1c(-c2ccccc2Cl)n(CC2CCCN(C(=O)OC(C)(C)C)C2)c2nc(Cl)ncc12. The van der Waals surface area contributed by atoms with E-state index in [-0.39, 0.29) is 17.3 Å². The third kappa shape index (κ3) is 4.71. The first kappa shape index (κ1) is 22.9. The lowest BCUT2D eigenvalue weighted by molar-refractivity contribution is 0.0158. The predicted octanol–water partition coefficient (Wildman–Crippen LogP) is 6.36. The molecule has 1 unspecified atom stereocenters. The number of nitrogens with zero attached hydrogens (tertiary/aromatic N) is 4. The van der Waals surface area contributed by atoms with Crippen LogP contribution in [0.25, 0.3) is 22.3 Å². The average Bonchev–Trinajstić information content (AvgIpc) is 2.98. The van der Waals surface area contributed by atoms with Crippen LogP contribution in [0.5, 0.6) is 0 Å². The molecule has 0 saturated carbocycles. The molecule has 0 N–H and O–H groups in total. The Hall–Kier alpha value is -2.31. The van der Waals surface area contributed by atoms with Gasteiger partial charge < -0.3 is 14.2 Å². The van der Waals surface area contributed by atoms with Gasteiger partial charge in [0.25, 0.3) is 0 Å². The molecule has 1 aliphatic heterocycles. The number of halogens is 2. The number of rotatable bonds is 3. The van der Waals surface area contributed by atoms with Gasteiger partial charge in [-0.05, 0) is 69.7 Å². The molecule has 8 heteroatoms. The molecule has 6 nitrogen and oxygen atoms in total. The van der Waals surface area contributed by atoms with Crippen LogP contribution in [0.1, 0.15) is 39.2 Å². The number of ether oxygens (including phenoxy) is 1. The van der Waals surface area contributed by atoms with E-state index in [9.17, 15) is 4.79 Å².